The van der Waals surface area contributed by atoms with Gasteiger partial charge in [0.15, 0.2) is 6.61 Å². The Labute approximate surface area is 93.8 Å². The highest BCUT2D eigenvalue weighted by atomic mass is 19.4. The van der Waals surface area contributed by atoms with Gasteiger partial charge < -0.3 is 15.2 Å². The molecule has 0 saturated heterocycles. The number of aliphatic carboxylic acids is 1. The topological polar surface area (TPSA) is 96.9 Å². The Morgan fingerprint density at radius 2 is 1.94 bits per heavy atom. The monoisotopic (exact) mass is 260 g/mol. The molecule has 2 amide bonds. The van der Waals surface area contributed by atoms with Crippen LogP contribution in [0.2, 0.25) is 0 Å². The van der Waals surface area contributed by atoms with Gasteiger partial charge in [0.05, 0.1) is 6.61 Å². The first-order chi connectivity index (χ1) is 7.81. The second-order valence-electron chi connectivity index (χ2n) is 2.71. The van der Waals surface area contributed by atoms with E-state index in [0.29, 0.717) is 0 Å². The lowest BCUT2D eigenvalue weighted by molar-refractivity contribution is -0.173. The Hall–Kier alpha value is -1.55. The number of carboxylic acids is 1. The number of alkyl halides is 3. The molecular weight excluding hydrogens is 249 g/mol. The lowest BCUT2D eigenvalue weighted by Crippen LogP contribution is -2.38. The zero-order chi connectivity index (χ0) is 13.3. The number of carbonyl (C=O) groups excluding carboxylic acids is 1. The second-order valence-corrected chi connectivity index (χ2v) is 2.71. The summed E-state index contributed by atoms with van der Waals surface area (Å²) in [5, 5.41) is 10.2. The minimum absolute atomic E-state index is 0.168. The lowest BCUT2D eigenvalue weighted by atomic mass is 10.6. The van der Waals surface area contributed by atoms with Gasteiger partial charge in [-0.15, -0.1) is 0 Å². The molecule has 0 aliphatic rings. The maximum absolute atomic E-state index is 11.6. The van der Waals surface area contributed by atoms with Crippen molar-refractivity contribution in [2.24, 2.45) is 0 Å². The number of rotatable bonds is 7. The van der Waals surface area contributed by atoms with Gasteiger partial charge in [-0.25, -0.2) is 15.1 Å². The van der Waals surface area contributed by atoms with Gasteiger partial charge >= 0.3 is 18.2 Å². The molecule has 0 aromatic heterocycles. The van der Waals surface area contributed by atoms with Gasteiger partial charge in [0.1, 0.15) is 6.61 Å². The van der Waals surface area contributed by atoms with Crippen LogP contribution in [-0.2, 0) is 14.4 Å². The van der Waals surface area contributed by atoms with Crippen molar-refractivity contribution in [1.29, 1.82) is 0 Å². The number of urea groups is 1. The van der Waals surface area contributed by atoms with Crippen LogP contribution < -0.4 is 10.8 Å². The Morgan fingerprint density at radius 1 is 1.29 bits per heavy atom. The first-order valence-electron chi connectivity index (χ1n) is 4.33. The molecule has 0 bridgehead atoms. The van der Waals surface area contributed by atoms with Crippen LogP contribution >= 0.6 is 0 Å². The fourth-order valence-electron chi connectivity index (χ4n) is 0.624. The summed E-state index contributed by atoms with van der Waals surface area (Å²) in [7, 11) is 0. The summed E-state index contributed by atoms with van der Waals surface area (Å²) in [6, 6.07) is -0.873. The molecule has 0 fully saturated rings. The van der Waals surface area contributed by atoms with Gasteiger partial charge in [0.25, 0.3) is 0 Å². The zero-order valence-electron chi connectivity index (χ0n) is 8.54. The number of hydrogen-bond acceptors (Lipinski definition) is 4. The molecule has 0 radical (unpaired) electrons. The first-order valence-corrected chi connectivity index (χ1v) is 4.33. The molecule has 0 saturated carbocycles. The van der Waals surface area contributed by atoms with Crippen LogP contribution in [0.5, 0.6) is 0 Å². The summed E-state index contributed by atoms with van der Waals surface area (Å²) >= 11 is 0. The van der Waals surface area contributed by atoms with Crippen molar-refractivity contribution in [1.82, 2.24) is 10.8 Å². The van der Waals surface area contributed by atoms with Gasteiger partial charge in [0, 0.05) is 6.54 Å². The number of hydrogen-bond donors (Lipinski definition) is 3. The SMILES string of the molecule is O=C(O)CONC(=O)NCCOCC(F)(F)F. The van der Waals surface area contributed by atoms with Gasteiger partial charge in [-0.05, 0) is 0 Å². The Bertz CT molecular complexity index is 258. The molecule has 17 heavy (non-hydrogen) atoms. The van der Waals surface area contributed by atoms with Crippen molar-refractivity contribution in [3.63, 3.8) is 0 Å². The highest BCUT2D eigenvalue weighted by Gasteiger charge is 2.27. The van der Waals surface area contributed by atoms with E-state index in [1.54, 1.807) is 5.48 Å². The van der Waals surface area contributed by atoms with Crippen molar-refractivity contribution in [2.45, 2.75) is 6.18 Å². The van der Waals surface area contributed by atoms with E-state index in [1.807, 2.05) is 0 Å². The summed E-state index contributed by atoms with van der Waals surface area (Å²) in [5.41, 5.74) is 1.71. The summed E-state index contributed by atoms with van der Waals surface area (Å²) in [6.45, 7) is -2.62. The van der Waals surface area contributed by atoms with Gasteiger partial charge in [0.2, 0.25) is 0 Å². The van der Waals surface area contributed by atoms with E-state index in [4.69, 9.17) is 5.11 Å². The average molecular weight is 260 g/mol. The Morgan fingerprint density at radius 3 is 2.47 bits per heavy atom. The van der Waals surface area contributed by atoms with Crippen molar-refractivity contribution >= 4 is 12.0 Å². The molecule has 0 aromatic rings. The third-order valence-electron chi connectivity index (χ3n) is 1.16. The lowest BCUT2D eigenvalue weighted by Gasteiger charge is -2.08. The fourth-order valence-corrected chi connectivity index (χ4v) is 0.624. The summed E-state index contributed by atoms with van der Waals surface area (Å²) < 4.78 is 38.9. The highest BCUT2D eigenvalue weighted by Crippen LogP contribution is 2.13. The number of hydroxylamine groups is 1. The maximum Gasteiger partial charge on any atom is 0.411 e. The molecular formula is C7H11F3N2O5. The van der Waals surface area contributed by atoms with Crippen LogP contribution in [0.15, 0.2) is 0 Å². The van der Waals surface area contributed by atoms with Crippen LogP contribution in [-0.4, -0.2) is 49.6 Å². The van der Waals surface area contributed by atoms with E-state index in [9.17, 15) is 22.8 Å². The van der Waals surface area contributed by atoms with Crippen molar-refractivity contribution in [3.8, 4) is 0 Å². The van der Waals surface area contributed by atoms with Crippen LogP contribution in [0.3, 0.4) is 0 Å². The van der Waals surface area contributed by atoms with E-state index >= 15 is 0 Å². The van der Waals surface area contributed by atoms with Crippen molar-refractivity contribution in [2.75, 3.05) is 26.4 Å². The van der Waals surface area contributed by atoms with Crippen LogP contribution in [0.4, 0.5) is 18.0 Å². The first kappa shape index (κ1) is 15.4. The molecule has 0 heterocycles. The number of amides is 2. The number of halogens is 3. The molecule has 0 aliphatic heterocycles. The maximum atomic E-state index is 11.6. The molecule has 0 aromatic carbocycles. The summed E-state index contributed by atoms with van der Waals surface area (Å²) in [5.74, 6) is -1.28. The predicted molar refractivity (Wildman–Crippen MR) is 47.0 cm³/mol. The Kier molecular flexibility index (Phi) is 6.98. The largest absolute Gasteiger partial charge is 0.479 e. The quantitative estimate of drug-likeness (QED) is 0.438. The van der Waals surface area contributed by atoms with Crippen molar-refractivity contribution in [3.05, 3.63) is 0 Å². The van der Waals surface area contributed by atoms with E-state index in [0.717, 1.165) is 0 Å². The predicted octanol–water partition coefficient (Wildman–Crippen LogP) is -0.119. The molecule has 0 rings (SSSR count). The number of carbonyl (C=O) groups is 2. The number of ether oxygens (including phenoxy) is 1. The molecule has 3 N–H and O–H groups in total. The van der Waals surface area contributed by atoms with Gasteiger partial charge in [-0.3, -0.25) is 4.84 Å². The highest BCUT2D eigenvalue weighted by molar-refractivity contribution is 5.73. The molecule has 10 heteroatoms. The van der Waals surface area contributed by atoms with E-state index < -0.39 is 31.4 Å². The third kappa shape index (κ3) is 12.4. The summed E-state index contributed by atoms with van der Waals surface area (Å²) in [6.07, 6.45) is -4.41. The fraction of sp³-hybridized carbons (Fsp3) is 0.714. The third-order valence-corrected chi connectivity index (χ3v) is 1.16. The van der Waals surface area contributed by atoms with E-state index in [2.05, 4.69) is 14.9 Å². The van der Waals surface area contributed by atoms with Crippen molar-refractivity contribution < 1.29 is 37.4 Å². The normalized spacial score (nSPS) is 11.0. The minimum atomic E-state index is -4.41. The molecule has 0 spiro atoms. The molecule has 7 nitrogen and oxygen atoms in total. The number of nitrogens with one attached hydrogen (secondary N) is 2. The van der Waals surface area contributed by atoms with Gasteiger partial charge in [-0.2, -0.15) is 13.2 Å². The molecule has 0 unspecified atom stereocenters. The zero-order valence-corrected chi connectivity index (χ0v) is 8.54. The smallest absolute Gasteiger partial charge is 0.411 e. The average Bonchev–Trinajstić information content (AvgIpc) is 2.14. The summed E-state index contributed by atoms with van der Waals surface area (Å²) in [4.78, 5) is 24.9. The number of carboxylic acid groups (broad SMARTS) is 1. The minimum Gasteiger partial charge on any atom is -0.479 e. The molecule has 100 valence electrons. The van der Waals surface area contributed by atoms with Crippen LogP contribution in [0.1, 0.15) is 0 Å². The second kappa shape index (κ2) is 7.68. The Balaban J connectivity index is 3.37. The van der Waals surface area contributed by atoms with E-state index in [1.165, 1.54) is 0 Å². The molecule has 0 aliphatic carbocycles. The van der Waals surface area contributed by atoms with Gasteiger partial charge in [-0.1, -0.05) is 0 Å². The standard InChI is InChI=1S/C7H11F3N2O5/c8-7(9,10)4-16-2-1-11-6(15)12-17-3-5(13)14/h1-4H2,(H,13,14)(H2,11,12,15). The van der Waals surface area contributed by atoms with E-state index in [-0.39, 0.29) is 13.2 Å². The van der Waals surface area contributed by atoms with Crippen LogP contribution in [0.25, 0.3) is 0 Å². The molecule has 0 atom stereocenters. The van der Waals surface area contributed by atoms with Crippen LogP contribution in [0, 0.1) is 0 Å².